The molecule has 4 aromatic rings. The highest BCUT2D eigenvalue weighted by Crippen LogP contribution is 2.32. The molecule has 8 heteroatoms. The van der Waals surface area contributed by atoms with Gasteiger partial charge in [0.1, 0.15) is 11.4 Å². The van der Waals surface area contributed by atoms with Crippen LogP contribution in [0.5, 0.6) is 5.75 Å². The summed E-state index contributed by atoms with van der Waals surface area (Å²) >= 11 is 0. The minimum absolute atomic E-state index is 0.0582. The third kappa shape index (κ3) is 3.75. The second-order valence-electron chi connectivity index (χ2n) is 6.64. The zero-order valence-corrected chi connectivity index (χ0v) is 16.3. The van der Waals surface area contributed by atoms with Gasteiger partial charge in [0.2, 0.25) is 10.0 Å². The monoisotopic (exact) mass is 406 g/mol. The molecule has 29 heavy (non-hydrogen) atoms. The maximum atomic E-state index is 11.9. The number of rotatable bonds is 4. The lowest BCUT2D eigenvalue weighted by Crippen LogP contribution is -2.13. The Morgan fingerprint density at radius 3 is 2.41 bits per heavy atom. The fourth-order valence-electron chi connectivity index (χ4n) is 3.18. The number of hydrogen-bond acceptors (Lipinski definition) is 6. The highest BCUT2D eigenvalue weighted by Gasteiger charge is 2.16. The van der Waals surface area contributed by atoms with E-state index in [1.807, 2.05) is 30.3 Å². The van der Waals surface area contributed by atoms with Crippen molar-refractivity contribution in [2.45, 2.75) is 11.8 Å². The van der Waals surface area contributed by atoms with Crippen molar-refractivity contribution in [1.29, 1.82) is 0 Å². The zero-order chi connectivity index (χ0) is 20.6. The zero-order valence-electron chi connectivity index (χ0n) is 15.5. The van der Waals surface area contributed by atoms with Crippen LogP contribution in [0.1, 0.15) is 5.56 Å². The standard InChI is InChI=1S/C21H18N4O3S/c1-13-9-10-14(11-19(13)29(22,27)28)20-17-7-2-3-8-18(17)21(25-24-20)23-15-5-4-6-16(26)12-15/h2-12,26H,1H3,(H,23,25)(H2,22,27,28). The first-order valence-corrected chi connectivity index (χ1v) is 10.3. The number of benzene rings is 3. The van der Waals surface area contributed by atoms with Gasteiger partial charge in [-0.15, -0.1) is 10.2 Å². The van der Waals surface area contributed by atoms with Crippen molar-refractivity contribution in [2.75, 3.05) is 5.32 Å². The minimum Gasteiger partial charge on any atom is -0.508 e. The smallest absolute Gasteiger partial charge is 0.238 e. The summed E-state index contributed by atoms with van der Waals surface area (Å²) in [7, 11) is -3.85. The fourth-order valence-corrected chi connectivity index (χ4v) is 3.99. The Bertz CT molecular complexity index is 1340. The molecular weight excluding hydrogens is 388 g/mol. The number of fused-ring (bicyclic) bond motifs is 1. The van der Waals surface area contributed by atoms with Crippen LogP contribution in [0.15, 0.2) is 71.6 Å². The summed E-state index contributed by atoms with van der Waals surface area (Å²) in [6.07, 6.45) is 0. The number of aryl methyl sites for hydroxylation is 1. The number of aromatic nitrogens is 2. The molecule has 4 rings (SSSR count). The lowest BCUT2D eigenvalue weighted by molar-refractivity contribution is 0.475. The molecular formula is C21H18N4O3S. The van der Waals surface area contributed by atoms with E-state index in [1.165, 1.54) is 6.07 Å². The summed E-state index contributed by atoms with van der Waals surface area (Å²) in [5, 5.41) is 28.4. The van der Waals surface area contributed by atoms with Crippen LogP contribution in [0.25, 0.3) is 22.0 Å². The number of nitrogens with zero attached hydrogens (tertiary/aromatic N) is 2. The van der Waals surface area contributed by atoms with Gasteiger partial charge in [-0.05, 0) is 30.7 Å². The van der Waals surface area contributed by atoms with Crippen molar-refractivity contribution in [3.05, 3.63) is 72.3 Å². The van der Waals surface area contributed by atoms with E-state index in [4.69, 9.17) is 5.14 Å². The average Bonchev–Trinajstić information content (AvgIpc) is 2.68. The molecule has 0 atom stereocenters. The Hall–Kier alpha value is -3.49. The van der Waals surface area contributed by atoms with Crippen LogP contribution in [-0.4, -0.2) is 23.7 Å². The first-order chi connectivity index (χ1) is 13.8. The molecule has 146 valence electrons. The molecule has 0 bridgehead atoms. The van der Waals surface area contributed by atoms with Gasteiger partial charge in [-0.1, -0.05) is 42.5 Å². The Labute approximate surface area is 167 Å². The van der Waals surface area contributed by atoms with E-state index in [0.717, 1.165) is 10.8 Å². The number of anilines is 2. The predicted molar refractivity (Wildman–Crippen MR) is 112 cm³/mol. The van der Waals surface area contributed by atoms with E-state index in [9.17, 15) is 13.5 Å². The van der Waals surface area contributed by atoms with Gasteiger partial charge in [0.15, 0.2) is 5.82 Å². The van der Waals surface area contributed by atoms with Crippen LogP contribution in [-0.2, 0) is 10.0 Å². The average molecular weight is 406 g/mol. The largest absolute Gasteiger partial charge is 0.508 e. The molecule has 3 aromatic carbocycles. The predicted octanol–water partition coefficient (Wildman–Crippen LogP) is 3.70. The number of nitrogens with one attached hydrogen (secondary N) is 1. The SMILES string of the molecule is Cc1ccc(-c2nnc(Nc3cccc(O)c3)c3ccccc23)cc1S(N)(=O)=O. The number of aromatic hydroxyl groups is 1. The van der Waals surface area contributed by atoms with Crippen molar-refractivity contribution in [3.8, 4) is 17.0 Å². The van der Waals surface area contributed by atoms with Crippen LogP contribution in [0, 0.1) is 6.92 Å². The Balaban J connectivity index is 1.86. The molecule has 0 aliphatic heterocycles. The van der Waals surface area contributed by atoms with E-state index < -0.39 is 10.0 Å². The molecule has 0 spiro atoms. The summed E-state index contributed by atoms with van der Waals surface area (Å²) in [6.45, 7) is 1.69. The molecule has 0 saturated carbocycles. The number of phenolic OH excluding ortho intramolecular Hbond substituents is 1. The van der Waals surface area contributed by atoms with Gasteiger partial charge >= 0.3 is 0 Å². The molecule has 1 heterocycles. The van der Waals surface area contributed by atoms with Crippen LogP contribution >= 0.6 is 0 Å². The minimum atomic E-state index is -3.85. The Kier molecular flexibility index (Phi) is 4.65. The number of primary sulfonamides is 1. The van der Waals surface area contributed by atoms with E-state index in [-0.39, 0.29) is 10.6 Å². The molecule has 7 nitrogen and oxygen atoms in total. The van der Waals surface area contributed by atoms with Crippen LogP contribution in [0.4, 0.5) is 11.5 Å². The molecule has 0 amide bonds. The molecule has 0 aliphatic carbocycles. The quantitative estimate of drug-likeness (QED) is 0.475. The van der Waals surface area contributed by atoms with Gasteiger partial charge in [-0.2, -0.15) is 0 Å². The highest BCUT2D eigenvalue weighted by atomic mass is 32.2. The number of hydrogen-bond donors (Lipinski definition) is 3. The van der Waals surface area contributed by atoms with Gasteiger partial charge in [-0.3, -0.25) is 0 Å². The molecule has 1 aromatic heterocycles. The van der Waals surface area contributed by atoms with Crippen LogP contribution in [0.2, 0.25) is 0 Å². The Morgan fingerprint density at radius 2 is 1.69 bits per heavy atom. The summed E-state index contributed by atoms with van der Waals surface area (Å²) < 4.78 is 23.8. The number of phenols is 1. The van der Waals surface area contributed by atoms with Gasteiger partial charge in [0.25, 0.3) is 0 Å². The van der Waals surface area contributed by atoms with Gasteiger partial charge in [-0.25, -0.2) is 13.6 Å². The van der Waals surface area contributed by atoms with Crippen molar-refractivity contribution >= 4 is 32.3 Å². The van der Waals surface area contributed by atoms with E-state index in [2.05, 4.69) is 15.5 Å². The first-order valence-electron chi connectivity index (χ1n) is 8.78. The molecule has 0 saturated heterocycles. The third-order valence-corrected chi connectivity index (χ3v) is 5.62. The normalized spacial score (nSPS) is 11.5. The second-order valence-corrected chi connectivity index (χ2v) is 8.17. The van der Waals surface area contributed by atoms with Gasteiger partial charge in [0.05, 0.1) is 4.90 Å². The van der Waals surface area contributed by atoms with E-state index >= 15 is 0 Å². The van der Waals surface area contributed by atoms with Gasteiger partial charge < -0.3 is 10.4 Å². The molecule has 0 fully saturated rings. The maximum Gasteiger partial charge on any atom is 0.238 e. The lowest BCUT2D eigenvalue weighted by atomic mass is 10.0. The van der Waals surface area contributed by atoms with Crippen molar-refractivity contribution in [3.63, 3.8) is 0 Å². The Morgan fingerprint density at radius 1 is 0.931 bits per heavy atom. The maximum absolute atomic E-state index is 11.9. The molecule has 4 N–H and O–H groups in total. The van der Waals surface area contributed by atoms with Gasteiger partial charge in [0, 0.05) is 28.1 Å². The topological polar surface area (TPSA) is 118 Å². The highest BCUT2D eigenvalue weighted by molar-refractivity contribution is 7.89. The molecule has 0 radical (unpaired) electrons. The summed E-state index contributed by atoms with van der Waals surface area (Å²) in [4.78, 5) is 0.0582. The van der Waals surface area contributed by atoms with Crippen LogP contribution in [0.3, 0.4) is 0 Å². The second kappa shape index (κ2) is 7.16. The van der Waals surface area contributed by atoms with Crippen molar-refractivity contribution in [1.82, 2.24) is 10.2 Å². The first kappa shape index (κ1) is 18.9. The third-order valence-electron chi connectivity index (χ3n) is 4.56. The van der Waals surface area contributed by atoms with Crippen molar-refractivity contribution < 1.29 is 13.5 Å². The van der Waals surface area contributed by atoms with Crippen molar-refractivity contribution in [2.24, 2.45) is 5.14 Å². The lowest BCUT2D eigenvalue weighted by Gasteiger charge is -2.12. The van der Waals surface area contributed by atoms with E-state index in [1.54, 1.807) is 37.3 Å². The summed E-state index contributed by atoms with van der Waals surface area (Å²) in [5.41, 5.74) is 2.39. The summed E-state index contributed by atoms with van der Waals surface area (Å²) in [6, 6.07) is 19.3. The summed E-state index contributed by atoms with van der Waals surface area (Å²) in [5.74, 6) is 0.660. The number of nitrogens with two attached hydrogens (primary N) is 1. The van der Waals surface area contributed by atoms with E-state index in [0.29, 0.717) is 28.3 Å². The molecule has 0 unspecified atom stereocenters. The number of sulfonamides is 1. The fraction of sp³-hybridized carbons (Fsp3) is 0.0476. The van der Waals surface area contributed by atoms with Crippen LogP contribution < -0.4 is 10.5 Å². The molecule has 0 aliphatic rings.